The summed E-state index contributed by atoms with van der Waals surface area (Å²) in [6, 6.07) is -1.29. The Bertz CT molecular complexity index is 358. The van der Waals surface area contributed by atoms with Crippen LogP contribution in [0.25, 0.3) is 0 Å². The van der Waals surface area contributed by atoms with Crippen LogP contribution in [0, 0.1) is 0 Å². The van der Waals surface area contributed by atoms with Crippen molar-refractivity contribution in [2.24, 2.45) is 5.73 Å². The van der Waals surface area contributed by atoms with E-state index in [-0.39, 0.29) is 0 Å². The molecule has 0 aliphatic carbocycles. The van der Waals surface area contributed by atoms with Crippen LogP contribution in [0.5, 0.6) is 0 Å². The van der Waals surface area contributed by atoms with Gasteiger partial charge in [0, 0.05) is 10.8 Å². The lowest BCUT2D eigenvalue weighted by molar-refractivity contribution is -0.144. The van der Waals surface area contributed by atoms with Gasteiger partial charge in [-0.25, -0.2) is 8.42 Å². The molecule has 0 spiro atoms. The topological polar surface area (TPSA) is 135 Å². The zero-order valence-corrected chi connectivity index (χ0v) is 9.18. The molecule has 0 aromatic rings. The van der Waals surface area contributed by atoms with Crippen LogP contribution in [0.15, 0.2) is 24.0 Å². The number of carbonyl (C=O) groups is 2. The van der Waals surface area contributed by atoms with E-state index in [0.29, 0.717) is 0 Å². The van der Waals surface area contributed by atoms with Crippen molar-refractivity contribution in [3.05, 3.63) is 24.0 Å². The van der Waals surface area contributed by atoms with Crippen molar-refractivity contribution in [3.8, 4) is 0 Å². The summed E-state index contributed by atoms with van der Waals surface area (Å²) in [6.45, 7) is 6.09. The molecule has 4 N–H and O–H groups in total. The standard InChI is InChI=1S/C4H7NO4.C4H6O2S/c5-2(4(8)9)1-3(6)7;1-3-7(5,6)4-2/h2H,1,5H2,(H,6,7)(H,8,9);3-4H,1-2H2/t2-;/m0./s1. The molecule has 0 fully saturated rings. The summed E-state index contributed by atoms with van der Waals surface area (Å²) in [5.41, 5.74) is 4.84. The molecule has 0 aromatic heterocycles. The van der Waals surface area contributed by atoms with Gasteiger partial charge < -0.3 is 15.9 Å². The molecule has 0 unspecified atom stereocenters. The first-order valence-corrected chi connectivity index (χ1v) is 5.47. The molecule has 7 nitrogen and oxygen atoms in total. The maximum absolute atomic E-state index is 10.1. The van der Waals surface area contributed by atoms with Crippen LogP contribution in [0.3, 0.4) is 0 Å². The van der Waals surface area contributed by atoms with Crippen molar-refractivity contribution >= 4 is 21.8 Å². The van der Waals surface area contributed by atoms with E-state index in [4.69, 9.17) is 15.9 Å². The first kappa shape index (κ1) is 16.7. The van der Waals surface area contributed by atoms with Crippen molar-refractivity contribution in [2.75, 3.05) is 0 Å². The minimum Gasteiger partial charge on any atom is -0.481 e. The molecule has 0 bridgehead atoms. The van der Waals surface area contributed by atoms with Gasteiger partial charge in [0.15, 0.2) is 9.84 Å². The average Bonchev–Trinajstić information content (AvgIpc) is 2.17. The molecule has 0 saturated heterocycles. The van der Waals surface area contributed by atoms with Gasteiger partial charge in [-0.2, -0.15) is 0 Å². The molecule has 0 heterocycles. The Labute approximate surface area is 92.8 Å². The number of aliphatic carboxylic acids is 2. The van der Waals surface area contributed by atoms with Crippen molar-refractivity contribution in [2.45, 2.75) is 12.5 Å². The third-order valence-corrected chi connectivity index (χ3v) is 2.11. The highest BCUT2D eigenvalue weighted by Gasteiger charge is 2.14. The quantitative estimate of drug-likeness (QED) is 0.602. The van der Waals surface area contributed by atoms with Crippen LogP contribution >= 0.6 is 0 Å². The summed E-state index contributed by atoms with van der Waals surface area (Å²) >= 11 is 0. The third kappa shape index (κ3) is 10.4. The molecule has 16 heavy (non-hydrogen) atoms. The van der Waals surface area contributed by atoms with Gasteiger partial charge in [0.2, 0.25) is 0 Å². The van der Waals surface area contributed by atoms with Gasteiger partial charge in [-0.3, -0.25) is 9.59 Å². The lowest BCUT2D eigenvalue weighted by atomic mass is 10.2. The van der Waals surface area contributed by atoms with E-state index < -0.39 is 34.2 Å². The highest BCUT2D eigenvalue weighted by molar-refractivity contribution is 7.97. The number of nitrogens with two attached hydrogens (primary N) is 1. The average molecular weight is 251 g/mol. The van der Waals surface area contributed by atoms with Crippen LogP contribution in [0.1, 0.15) is 6.42 Å². The van der Waals surface area contributed by atoms with Crippen molar-refractivity contribution < 1.29 is 28.2 Å². The fourth-order valence-corrected chi connectivity index (χ4v) is 0.480. The normalized spacial score (nSPS) is 11.6. The molecule has 0 amide bonds. The molecule has 8 heteroatoms. The van der Waals surface area contributed by atoms with E-state index >= 15 is 0 Å². The highest BCUT2D eigenvalue weighted by Crippen LogP contribution is 1.87. The van der Waals surface area contributed by atoms with Crippen LogP contribution < -0.4 is 5.73 Å². The van der Waals surface area contributed by atoms with E-state index in [0.717, 1.165) is 10.8 Å². The number of hydrogen-bond donors (Lipinski definition) is 3. The van der Waals surface area contributed by atoms with E-state index in [9.17, 15) is 18.0 Å². The molecule has 0 rings (SSSR count). The van der Waals surface area contributed by atoms with Crippen LogP contribution in [0.4, 0.5) is 0 Å². The highest BCUT2D eigenvalue weighted by atomic mass is 32.2. The molecule has 0 aliphatic heterocycles. The third-order valence-electron chi connectivity index (χ3n) is 1.18. The van der Waals surface area contributed by atoms with Crippen LogP contribution in [0.2, 0.25) is 0 Å². The van der Waals surface area contributed by atoms with Crippen molar-refractivity contribution in [1.29, 1.82) is 0 Å². The second-order valence-electron chi connectivity index (χ2n) is 2.46. The van der Waals surface area contributed by atoms with Crippen molar-refractivity contribution in [1.82, 2.24) is 0 Å². The predicted molar refractivity (Wildman–Crippen MR) is 57.2 cm³/mol. The second kappa shape index (κ2) is 7.60. The number of carboxylic acid groups (broad SMARTS) is 2. The SMILES string of the molecule is C=CS(=O)(=O)C=C.N[C@@H](CC(=O)O)C(=O)O. The second-order valence-corrected chi connectivity index (χ2v) is 4.31. The molecular formula is C8H13NO6S. The Morgan fingerprint density at radius 1 is 1.25 bits per heavy atom. The number of carboxylic acids is 2. The number of hydrogen-bond acceptors (Lipinski definition) is 5. The molecule has 0 aromatic carbocycles. The summed E-state index contributed by atoms with van der Waals surface area (Å²) in [5.74, 6) is -2.50. The predicted octanol–water partition coefficient (Wildman–Crippen LogP) is -0.439. The molecule has 92 valence electrons. The fourth-order valence-electron chi connectivity index (χ4n) is 0.343. The van der Waals surface area contributed by atoms with Crippen molar-refractivity contribution in [3.63, 3.8) is 0 Å². The fraction of sp³-hybridized carbons (Fsp3) is 0.250. The van der Waals surface area contributed by atoms with Gasteiger partial charge in [-0.1, -0.05) is 13.2 Å². The lowest BCUT2D eigenvalue weighted by Crippen LogP contribution is -2.32. The summed E-state index contributed by atoms with van der Waals surface area (Å²) in [6.07, 6.45) is -0.532. The Morgan fingerprint density at radius 3 is 1.69 bits per heavy atom. The summed E-state index contributed by atoms with van der Waals surface area (Å²) in [5, 5.41) is 17.7. The van der Waals surface area contributed by atoms with E-state index in [1.807, 2.05) is 0 Å². The van der Waals surface area contributed by atoms with Gasteiger partial charge in [-0.15, -0.1) is 0 Å². The largest absolute Gasteiger partial charge is 0.481 e. The smallest absolute Gasteiger partial charge is 0.321 e. The van der Waals surface area contributed by atoms with E-state index in [1.165, 1.54) is 0 Å². The zero-order valence-electron chi connectivity index (χ0n) is 8.37. The van der Waals surface area contributed by atoms with Gasteiger partial charge in [0.1, 0.15) is 6.04 Å². The van der Waals surface area contributed by atoms with Crippen LogP contribution in [-0.2, 0) is 19.4 Å². The lowest BCUT2D eigenvalue weighted by Gasteiger charge is -1.99. The van der Waals surface area contributed by atoms with E-state index in [1.54, 1.807) is 0 Å². The maximum Gasteiger partial charge on any atom is 0.321 e. The Morgan fingerprint density at radius 2 is 1.62 bits per heavy atom. The van der Waals surface area contributed by atoms with Gasteiger partial charge >= 0.3 is 11.9 Å². The molecular weight excluding hydrogens is 238 g/mol. The first-order chi connectivity index (χ1) is 7.16. The van der Waals surface area contributed by atoms with Gasteiger partial charge in [0.05, 0.1) is 6.42 Å². The minimum absolute atomic E-state index is 0.532. The summed E-state index contributed by atoms with van der Waals surface area (Å²) in [4.78, 5) is 19.6. The Balaban J connectivity index is 0. The zero-order chi connectivity index (χ0) is 13.4. The maximum atomic E-state index is 10.1. The molecule has 0 radical (unpaired) electrons. The first-order valence-electron chi connectivity index (χ1n) is 3.86. The summed E-state index contributed by atoms with van der Waals surface area (Å²) in [7, 11) is -3.13. The van der Waals surface area contributed by atoms with Gasteiger partial charge in [0.25, 0.3) is 0 Å². The molecule has 1 atom stereocenters. The van der Waals surface area contributed by atoms with E-state index in [2.05, 4.69) is 13.2 Å². The van der Waals surface area contributed by atoms with Gasteiger partial charge in [-0.05, 0) is 0 Å². The Hall–Kier alpha value is -1.67. The summed E-state index contributed by atoms with van der Waals surface area (Å²) < 4.78 is 20.3. The number of rotatable bonds is 5. The number of sulfone groups is 1. The minimum atomic E-state index is -3.13. The molecule has 0 saturated carbocycles. The Kier molecular flexibility index (Phi) is 7.96. The monoisotopic (exact) mass is 251 g/mol. The molecule has 0 aliphatic rings. The van der Waals surface area contributed by atoms with Crippen LogP contribution in [-0.4, -0.2) is 36.6 Å².